The molecular weight excluding hydrogens is 536 g/mol. The zero-order valence-electron chi connectivity index (χ0n) is 21.8. The normalized spacial score (nSPS) is 13.6. The number of aliphatic carboxylic acids is 2. The topological polar surface area (TPSA) is 317 Å². The van der Waals surface area contributed by atoms with Gasteiger partial charge in [0.05, 0.1) is 12.5 Å². The molecule has 0 rings (SSSR count). The second-order valence-corrected chi connectivity index (χ2v) is 9.39. The van der Waals surface area contributed by atoms with Crippen LogP contribution in [0.3, 0.4) is 0 Å². The molecule has 0 saturated carbocycles. The van der Waals surface area contributed by atoms with Gasteiger partial charge in [0.25, 0.3) is 0 Å². The number of hydrogen-bond donors (Lipinski definition) is 10. The Bertz CT molecular complexity index is 894. The highest BCUT2D eigenvalue weighted by Crippen LogP contribution is 2.06. The van der Waals surface area contributed by atoms with Crippen LogP contribution in [0.15, 0.2) is 9.98 Å². The Morgan fingerprint density at radius 2 is 1.21 bits per heavy atom. The van der Waals surface area contributed by atoms with Crippen molar-refractivity contribution in [2.75, 3.05) is 25.1 Å². The molecule has 4 atom stereocenters. The maximum Gasteiger partial charge on any atom is 0.326 e. The van der Waals surface area contributed by atoms with Crippen molar-refractivity contribution in [1.29, 1.82) is 0 Å². The fourth-order valence-electron chi connectivity index (χ4n) is 3.12. The highest BCUT2D eigenvalue weighted by atomic mass is 32.2. The van der Waals surface area contributed by atoms with Crippen LogP contribution in [0.2, 0.25) is 0 Å². The van der Waals surface area contributed by atoms with E-state index in [9.17, 15) is 34.2 Å². The Morgan fingerprint density at radius 3 is 1.67 bits per heavy atom. The molecule has 0 radical (unpaired) electrons. The van der Waals surface area contributed by atoms with Crippen LogP contribution in [0.5, 0.6) is 0 Å². The summed E-state index contributed by atoms with van der Waals surface area (Å²) in [5, 5.41) is 25.7. The van der Waals surface area contributed by atoms with Gasteiger partial charge in [-0.3, -0.25) is 29.2 Å². The van der Waals surface area contributed by atoms with E-state index >= 15 is 0 Å². The van der Waals surface area contributed by atoms with Gasteiger partial charge in [-0.15, -0.1) is 0 Å². The summed E-state index contributed by atoms with van der Waals surface area (Å²) in [4.78, 5) is 68.9. The van der Waals surface area contributed by atoms with E-state index in [0.717, 1.165) is 0 Å². The van der Waals surface area contributed by atoms with Gasteiger partial charge in [0.1, 0.15) is 18.1 Å². The zero-order chi connectivity index (χ0) is 30.0. The number of nitrogens with two attached hydrogens (primary N) is 5. The number of carboxylic acids is 2. The van der Waals surface area contributed by atoms with Gasteiger partial charge >= 0.3 is 11.9 Å². The second-order valence-electron chi connectivity index (χ2n) is 8.41. The smallest absolute Gasteiger partial charge is 0.326 e. The van der Waals surface area contributed by atoms with Crippen molar-refractivity contribution in [1.82, 2.24) is 16.0 Å². The third-order valence-corrected chi connectivity index (χ3v) is 5.76. The molecule has 18 heteroatoms. The summed E-state index contributed by atoms with van der Waals surface area (Å²) in [5.74, 6) is -5.07. The average molecular weight is 577 g/mol. The number of carbonyl (C=O) groups is 5. The molecule has 0 bridgehead atoms. The van der Waals surface area contributed by atoms with Crippen LogP contribution in [0.1, 0.15) is 38.5 Å². The number of carbonyl (C=O) groups excluding carboxylic acids is 3. The molecule has 0 aliphatic heterocycles. The van der Waals surface area contributed by atoms with Crippen LogP contribution in [0.4, 0.5) is 0 Å². The highest BCUT2D eigenvalue weighted by molar-refractivity contribution is 7.98. The maximum absolute atomic E-state index is 13.1. The molecule has 0 spiro atoms. The third-order valence-electron chi connectivity index (χ3n) is 5.12. The monoisotopic (exact) mass is 576 g/mol. The first-order valence-electron chi connectivity index (χ1n) is 12.0. The number of nitrogens with zero attached hydrogens (tertiary/aromatic N) is 2. The van der Waals surface area contributed by atoms with Crippen LogP contribution in [0, 0.1) is 0 Å². The molecule has 15 N–H and O–H groups in total. The van der Waals surface area contributed by atoms with Gasteiger partial charge in [-0.05, 0) is 44.1 Å². The Balaban J connectivity index is 5.58. The Hall–Kier alpha value is -3.80. The van der Waals surface area contributed by atoms with Crippen molar-refractivity contribution in [2.45, 2.75) is 62.7 Å². The SMILES string of the molecule is CSCCC(N)C(=O)NC(CCCN=C(N)N)C(=O)NC(CC(=O)O)C(=O)NC(CCCN=C(N)N)C(=O)O. The van der Waals surface area contributed by atoms with E-state index in [-0.39, 0.29) is 50.7 Å². The third kappa shape index (κ3) is 16.6. The van der Waals surface area contributed by atoms with E-state index in [1.165, 1.54) is 11.8 Å². The van der Waals surface area contributed by atoms with Crippen molar-refractivity contribution in [3.63, 3.8) is 0 Å². The van der Waals surface area contributed by atoms with E-state index in [1.807, 2.05) is 6.26 Å². The van der Waals surface area contributed by atoms with Crippen LogP contribution in [-0.2, 0) is 24.0 Å². The molecule has 39 heavy (non-hydrogen) atoms. The number of aliphatic imine (C=N–C) groups is 2. The highest BCUT2D eigenvalue weighted by Gasteiger charge is 2.31. The molecular formula is C21H40N10O7S. The molecule has 0 saturated heterocycles. The van der Waals surface area contributed by atoms with Crippen molar-refractivity contribution in [2.24, 2.45) is 38.7 Å². The Labute approximate surface area is 230 Å². The second kappa shape index (κ2) is 19.3. The van der Waals surface area contributed by atoms with Crippen molar-refractivity contribution in [3.05, 3.63) is 0 Å². The Morgan fingerprint density at radius 1 is 0.744 bits per heavy atom. The van der Waals surface area contributed by atoms with Crippen LogP contribution in [0.25, 0.3) is 0 Å². The minimum Gasteiger partial charge on any atom is -0.481 e. The van der Waals surface area contributed by atoms with E-state index in [4.69, 9.17) is 28.7 Å². The first-order valence-corrected chi connectivity index (χ1v) is 13.4. The lowest BCUT2D eigenvalue weighted by atomic mass is 10.1. The lowest BCUT2D eigenvalue weighted by Gasteiger charge is -2.24. The fraction of sp³-hybridized carbons (Fsp3) is 0.667. The van der Waals surface area contributed by atoms with Crippen molar-refractivity contribution < 1.29 is 34.2 Å². The van der Waals surface area contributed by atoms with E-state index in [0.29, 0.717) is 12.2 Å². The minimum absolute atomic E-state index is 0.0353. The summed E-state index contributed by atoms with van der Waals surface area (Å²) in [5.41, 5.74) is 26.9. The summed E-state index contributed by atoms with van der Waals surface area (Å²) in [6, 6.07) is -5.15. The molecule has 0 heterocycles. The van der Waals surface area contributed by atoms with Gasteiger partial charge in [0.15, 0.2) is 11.9 Å². The first kappa shape index (κ1) is 35.2. The van der Waals surface area contributed by atoms with E-state index < -0.39 is 60.2 Å². The largest absolute Gasteiger partial charge is 0.481 e. The van der Waals surface area contributed by atoms with Gasteiger partial charge in [0.2, 0.25) is 17.7 Å². The molecule has 4 unspecified atom stereocenters. The molecule has 0 aromatic heterocycles. The molecule has 0 fully saturated rings. The van der Waals surface area contributed by atoms with Gasteiger partial charge < -0.3 is 54.8 Å². The fourth-order valence-corrected chi connectivity index (χ4v) is 3.61. The molecule has 0 aliphatic carbocycles. The first-order chi connectivity index (χ1) is 18.3. The van der Waals surface area contributed by atoms with E-state index in [2.05, 4.69) is 25.9 Å². The summed E-state index contributed by atoms with van der Waals surface area (Å²) in [6.07, 6.45) is 1.77. The van der Waals surface area contributed by atoms with E-state index in [1.54, 1.807) is 0 Å². The van der Waals surface area contributed by atoms with Gasteiger partial charge in [-0.2, -0.15) is 11.8 Å². The maximum atomic E-state index is 13.1. The predicted octanol–water partition coefficient (Wildman–Crippen LogP) is -3.81. The van der Waals surface area contributed by atoms with Crippen molar-refractivity contribution >= 4 is 53.3 Å². The molecule has 0 aliphatic rings. The standard InChI is InChI=1S/C21H40N10O7S/c1-39-9-6-11(22)16(34)29-12(4-2-7-27-20(23)24)17(35)31-14(10-15(32)33)18(36)30-13(19(37)38)5-3-8-28-21(25)26/h11-14H,2-10,22H2,1H3,(H,29,34)(H,30,36)(H,31,35)(H,32,33)(H,37,38)(H4,23,24,27)(H4,25,26,28). The molecule has 222 valence electrons. The number of guanidine groups is 2. The molecule has 17 nitrogen and oxygen atoms in total. The lowest BCUT2D eigenvalue weighted by Crippen LogP contribution is -2.57. The van der Waals surface area contributed by atoms with Gasteiger partial charge in [0, 0.05) is 13.1 Å². The summed E-state index contributed by atoms with van der Waals surface area (Å²) >= 11 is 1.49. The van der Waals surface area contributed by atoms with Crippen molar-refractivity contribution in [3.8, 4) is 0 Å². The van der Waals surface area contributed by atoms with Crippen LogP contribution in [-0.4, -0.2) is 101 Å². The predicted molar refractivity (Wildman–Crippen MR) is 146 cm³/mol. The van der Waals surface area contributed by atoms with Crippen LogP contribution >= 0.6 is 11.8 Å². The quantitative estimate of drug-likeness (QED) is 0.0378. The number of hydrogen-bond acceptors (Lipinski definition) is 9. The summed E-state index contributed by atoms with van der Waals surface area (Å²) in [7, 11) is 0. The number of thioether (sulfide) groups is 1. The molecule has 0 aromatic carbocycles. The molecule has 3 amide bonds. The Kier molecular flexibility index (Phi) is 17.4. The summed E-state index contributed by atoms with van der Waals surface area (Å²) in [6.45, 7) is 0.247. The number of amides is 3. The van der Waals surface area contributed by atoms with Crippen LogP contribution < -0.4 is 44.6 Å². The lowest BCUT2D eigenvalue weighted by molar-refractivity contribution is -0.143. The number of nitrogens with one attached hydrogen (secondary N) is 3. The molecule has 0 aromatic rings. The minimum atomic E-state index is -1.64. The van der Waals surface area contributed by atoms with Gasteiger partial charge in [-0.1, -0.05) is 0 Å². The summed E-state index contributed by atoms with van der Waals surface area (Å²) < 4.78 is 0. The zero-order valence-corrected chi connectivity index (χ0v) is 22.6. The number of rotatable bonds is 20. The van der Waals surface area contributed by atoms with Gasteiger partial charge in [-0.25, -0.2) is 4.79 Å². The average Bonchev–Trinajstić information content (AvgIpc) is 2.84. The number of carboxylic acid groups (broad SMARTS) is 2.